The van der Waals surface area contributed by atoms with E-state index in [0.717, 1.165) is 6.07 Å². The van der Waals surface area contributed by atoms with Gasteiger partial charge in [0.15, 0.2) is 0 Å². The van der Waals surface area contributed by atoms with E-state index in [1.165, 1.54) is 12.1 Å². The molecule has 4 nitrogen and oxygen atoms in total. The van der Waals surface area contributed by atoms with Crippen LogP contribution in [0.3, 0.4) is 0 Å². The normalized spacial score (nSPS) is 11.6. The molecule has 1 aromatic carbocycles. The first-order chi connectivity index (χ1) is 7.86. The standard InChI is InChI=1S/C11H16FNO3S/c1-4-16-11-7-9(12)5-6-10(11)13-17(14,15)8(2)3/h5-8,13H,4H2,1-3H3. The number of nitrogens with one attached hydrogen (secondary N) is 1. The number of benzene rings is 1. The highest BCUT2D eigenvalue weighted by Gasteiger charge is 2.18. The fourth-order valence-corrected chi connectivity index (χ4v) is 1.84. The van der Waals surface area contributed by atoms with Gasteiger partial charge in [0, 0.05) is 6.07 Å². The quantitative estimate of drug-likeness (QED) is 0.885. The molecule has 6 heteroatoms. The van der Waals surface area contributed by atoms with Crippen LogP contribution in [0.1, 0.15) is 20.8 Å². The van der Waals surface area contributed by atoms with Crippen LogP contribution in [0.25, 0.3) is 0 Å². The summed E-state index contributed by atoms with van der Waals surface area (Å²) in [5, 5.41) is -0.568. The molecule has 1 rings (SSSR count). The fourth-order valence-electron chi connectivity index (χ4n) is 1.13. The zero-order chi connectivity index (χ0) is 13.1. The maximum absolute atomic E-state index is 13.0. The molecule has 0 bridgehead atoms. The van der Waals surface area contributed by atoms with Crippen LogP contribution in [0.15, 0.2) is 18.2 Å². The summed E-state index contributed by atoms with van der Waals surface area (Å²) in [6.07, 6.45) is 0. The summed E-state index contributed by atoms with van der Waals surface area (Å²) < 4.78 is 43.9. The van der Waals surface area contributed by atoms with Gasteiger partial charge in [-0.1, -0.05) is 0 Å². The zero-order valence-corrected chi connectivity index (χ0v) is 10.8. The highest BCUT2D eigenvalue weighted by Crippen LogP contribution is 2.27. The Labute approximate surface area is 101 Å². The maximum atomic E-state index is 13.0. The Morgan fingerprint density at radius 1 is 1.41 bits per heavy atom. The molecule has 96 valence electrons. The van der Waals surface area contributed by atoms with Crippen molar-refractivity contribution in [1.82, 2.24) is 0 Å². The molecule has 0 fully saturated rings. The van der Waals surface area contributed by atoms with Gasteiger partial charge in [-0.3, -0.25) is 4.72 Å². The number of ether oxygens (including phenoxy) is 1. The van der Waals surface area contributed by atoms with E-state index in [4.69, 9.17) is 4.74 Å². The largest absolute Gasteiger partial charge is 0.492 e. The topological polar surface area (TPSA) is 55.4 Å². The van der Waals surface area contributed by atoms with Crippen molar-refractivity contribution in [2.45, 2.75) is 26.0 Å². The van der Waals surface area contributed by atoms with Gasteiger partial charge >= 0.3 is 0 Å². The van der Waals surface area contributed by atoms with E-state index < -0.39 is 21.1 Å². The zero-order valence-electron chi connectivity index (χ0n) is 10.0. The molecule has 1 aromatic rings. The Morgan fingerprint density at radius 2 is 2.06 bits per heavy atom. The van der Waals surface area contributed by atoms with Crippen LogP contribution in [0.5, 0.6) is 5.75 Å². The lowest BCUT2D eigenvalue weighted by molar-refractivity contribution is 0.340. The van der Waals surface area contributed by atoms with E-state index in [2.05, 4.69) is 4.72 Å². The average molecular weight is 261 g/mol. The van der Waals surface area contributed by atoms with Crippen molar-refractivity contribution < 1.29 is 17.5 Å². The molecule has 0 amide bonds. The second-order valence-corrected chi connectivity index (χ2v) is 6.01. The van der Waals surface area contributed by atoms with Crippen molar-refractivity contribution >= 4 is 15.7 Å². The molecule has 0 aromatic heterocycles. The minimum atomic E-state index is -3.46. The number of rotatable bonds is 5. The number of anilines is 1. The summed E-state index contributed by atoms with van der Waals surface area (Å²) >= 11 is 0. The molecule has 0 saturated heterocycles. The Hall–Kier alpha value is -1.30. The smallest absolute Gasteiger partial charge is 0.235 e. The van der Waals surface area contributed by atoms with Crippen LogP contribution in [-0.4, -0.2) is 20.3 Å². The van der Waals surface area contributed by atoms with Gasteiger partial charge in [-0.25, -0.2) is 12.8 Å². The van der Waals surface area contributed by atoms with Crippen molar-refractivity contribution in [2.24, 2.45) is 0 Å². The SMILES string of the molecule is CCOc1cc(F)ccc1NS(=O)(=O)C(C)C. The van der Waals surface area contributed by atoms with E-state index in [9.17, 15) is 12.8 Å². The molecule has 0 aliphatic heterocycles. The Morgan fingerprint density at radius 3 is 2.59 bits per heavy atom. The lowest BCUT2D eigenvalue weighted by Gasteiger charge is -2.14. The van der Waals surface area contributed by atoms with E-state index >= 15 is 0 Å². The highest BCUT2D eigenvalue weighted by atomic mass is 32.2. The van der Waals surface area contributed by atoms with Gasteiger partial charge in [-0.2, -0.15) is 0 Å². The van der Waals surface area contributed by atoms with Gasteiger partial charge in [-0.15, -0.1) is 0 Å². The number of sulfonamides is 1. The minimum absolute atomic E-state index is 0.191. The fraction of sp³-hybridized carbons (Fsp3) is 0.455. The van der Waals surface area contributed by atoms with Crippen LogP contribution in [0, 0.1) is 5.82 Å². The van der Waals surface area contributed by atoms with Gasteiger partial charge in [0.05, 0.1) is 17.5 Å². The number of hydrogen-bond acceptors (Lipinski definition) is 3. The Kier molecular flexibility index (Phi) is 4.34. The molecule has 1 N–H and O–H groups in total. The van der Waals surface area contributed by atoms with Gasteiger partial charge in [-0.05, 0) is 32.9 Å². The van der Waals surface area contributed by atoms with Crippen LogP contribution >= 0.6 is 0 Å². The summed E-state index contributed by atoms with van der Waals surface area (Å²) in [4.78, 5) is 0. The first-order valence-corrected chi connectivity index (χ1v) is 6.85. The maximum Gasteiger partial charge on any atom is 0.235 e. The minimum Gasteiger partial charge on any atom is -0.492 e. The second-order valence-electron chi connectivity index (χ2n) is 3.77. The highest BCUT2D eigenvalue weighted by molar-refractivity contribution is 7.93. The average Bonchev–Trinajstić information content (AvgIpc) is 2.22. The third-order valence-electron chi connectivity index (χ3n) is 2.12. The summed E-state index contributed by atoms with van der Waals surface area (Å²) in [7, 11) is -3.46. The lowest BCUT2D eigenvalue weighted by Crippen LogP contribution is -2.22. The van der Waals surface area contributed by atoms with E-state index in [1.54, 1.807) is 20.8 Å². The molecule has 0 saturated carbocycles. The van der Waals surface area contributed by atoms with Gasteiger partial charge in [0.1, 0.15) is 11.6 Å². The molecular weight excluding hydrogens is 245 g/mol. The number of hydrogen-bond donors (Lipinski definition) is 1. The van der Waals surface area contributed by atoms with Gasteiger partial charge in [0.25, 0.3) is 0 Å². The van der Waals surface area contributed by atoms with Crippen LogP contribution in [-0.2, 0) is 10.0 Å². The summed E-state index contributed by atoms with van der Waals surface area (Å²) in [5.41, 5.74) is 0.252. The van der Waals surface area contributed by atoms with Crippen molar-refractivity contribution in [3.05, 3.63) is 24.0 Å². The van der Waals surface area contributed by atoms with Crippen LogP contribution in [0.4, 0.5) is 10.1 Å². The van der Waals surface area contributed by atoms with Gasteiger partial charge in [0.2, 0.25) is 10.0 Å². The van der Waals surface area contributed by atoms with E-state index in [0.29, 0.717) is 6.61 Å². The summed E-state index contributed by atoms with van der Waals surface area (Å²) in [6, 6.07) is 3.68. The predicted molar refractivity (Wildman–Crippen MR) is 65.2 cm³/mol. The molecular formula is C11H16FNO3S. The third kappa shape index (κ3) is 3.59. The Balaban J connectivity index is 3.06. The van der Waals surface area contributed by atoms with Crippen molar-refractivity contribution in [3.8, 4) is 5.75 Å². The van der Waals surface area contributed by atoms with Gasteiger partial charge < -0.3 is 4.74 Å². The first-order valence-electron chi connectivity index (χ1n) is 5.30. The van der Waals surface area contributed by atoms with Crippen molar-refractivity contribution in [3.63, 3.8) is 0 Å². The molecule has 0 atom stereocenters. The number of halogens is 1. The van der Waals surface area contributed by atoms with E-state index in [-0.39, 0.29) is 11.4 Å². The monoisotopic (exact) mass is 261 g/mol. The predicted octanol–water partition coefficient (Wildman–Crippen LogP) is 2.37. The molecule has 0 heterocycles. The van der Waals surface area contributed by atoms with Crippen molar-refractivity contribution in [1.29, 1.82) is 0 Å². The molecule has 0 radical (unpaired) electrons. The molecule has 0 spiro atoms. The third-order valence-corrected chi connectivity index (χ3v) is 3.86. The molecule has 0 aliphatic rings. The first kappa shape index (κ1) is 13.8. The summed E-state index contributed by atoms with van der Waals surface area (Å²) in [6.45, 7) is 5.20. The summed E-state index contributed by atoms with van der Waals surface area (Å²) in [5.74, 6) is -0.280. The van der Waals surface area contributed by atoms with Crippen molar-refractivity contribution in [2.75, 3.05) is 11.3 Å². The van der Waals surface area contributed by atoms with Crippen LogP contribution in [0.2, 0.25) is 0 Å². The van der Waals surface area contributed by atoms with E-state index in [1.807, 2.05) is 0 Å². The molecule has 0 unspecified atom stereocenters. The van der Waals surface area contributed by atoms with Crippen LogP contribution < -0.4 is 9.46 Å². The molecule has 0 aliphatic carbocycles. The second kappa shape index (κ2) is 5.35. The molecule has 17 heavy (non-hydrogen) atoms. The Bertz CT molecular complexity index is 485. The lowest BCUT2D eigenvalue weighted by atomic mass is 10.3.